The predicted octanol–water partition coefficient (Wildman–Crippen LogP) is 4.12. The summed E-state index contributed by atoms with van der Waals surface area (Å²) in [6.45, 7) is 4.05. The average molecular weight is 328 g/mol. The van der Waals surface area contributed by atoms with Gasteiger partial charge in [0.25, 0.3) is 0 Å². The SMILES string of the molecule is C[C@]1(O)CCC2C3CCc4c(ccc5[nH]ncc45)C3[C@@H](F)C[C@@]21C. The Morgan fingerprint density at radius 2 is 2.12 bits per heavy atom. The van der Waals surface area contributed by atoms with Crippen LogP contribution in [-0.4, -0.2) is 27.1 Å². The minimum absolute atomic E-state index is 0.0139. The van der Waals surface area contributed by atoms with E-state index in [2.05, 4.69) is 29.3 Å². The topological polar surface area (TPSA) is 48.9 Å². The summed E-state index contributed by atoms with van der Waals surface area (Å²) in [5, 5.41) is 19.2. The van der Waals surface area contributed by atoms with E-state index < -0.39 is 11.8 Å². The van der Waals surface area contributed by atoms with Crippen LogP contribution < -0.4 is 0 Å². The number of aryl methyl sites for hydroxylation is 1. The molecule has 2 fully saturated rings. The van der Waals surface area contributed by atoms with E-state index in [0.29, 0.717) is 18.3 Å². The van der Waals surface area contributed by atoms with Crippen LogP contribution in [0.3, 0.4) is 0 Å². The molecular formula is C20H25FN2O. The maximum atomic E-state index is 15.4. The first-order chi connectivity index (χ1) is 11.4. The van der Waals surface area contributed by atoms with Crippen molar-refractivity contribution in [3.63, 3.8) is 0 Å². The van der Waals surface area contributed by atoms with Gasteiger partial charge in [-0.05, 0) is 68.1 Å². The van der Waals surface area contributed by atoms with E-state index >= 15 is 4.39 Å². The molecule has 0 bridgehead atoms. The van der Waals surface area contributed by atoms with Gasteiger partial charge in [-0.25, -0.2) is 4.39 Å². The van der Waals surface area contributed by atoms with Crippen molar-refractivity contribution in [2.75, 3.05) is 0 Å². The Kier molecular flexibility index (Phi) is 2.85. The summed E-state index contributed by atoms with van der Waals surface area (Å²) in [5.74, 6) is 0.766. The van der Waals surface area contributed by atoms with Crippen molar-refractivity contribution in [3.05, 3.63) is 29.5 Å². The molecule has 0 aliphatic heterocycles. The van der Waals surface area contributed by atoms with E-state index in [1.165, 1.54) is 11.1 Å². The molecule has 2 aromatic rings. The Morgan fingerprint density at radius 3 is 2.96 bits per heavy atom. The minimum atomic E-state index is -0.871. The van der Waals surface area contributed by atoms with Gasteiger partial charge in [0.05, 0.1) is 17.3 Å². The van der Waals surface area contributed by atoms with Gasteiger partial charge in [0.2, 0.25) is 0 Å². The third-order valence-corrected chi connectivity index (χ3v) is 7.84. The van der Waals surface area contributed by atoms with E-state index in [1.807, 2.05) is 13.1 Å². The van der Waals surface area contributed by atoms with Crippen LogP contribution in [0.2, 0.25) is 0 Å². The Morgan fingerprint density at radius 1 is 1.29 bits per heavy atom. The van der Waals surface area contributed by atoms with Gasteiger partial charge in [-0.3, -0.25) is 5.10 Å². The predicted molar refractivity (Wildman–Crippen MR) is 91.6 cm³/mol. The van der Waals surface area contributed by atoms with Crippen molar-refractivity contribution in [2.24, 2.45) is 17.3 Å². The van der Waals surface area contributed by atoms with Crippen molar-refractivity contribution in [2.45, 2.75) is 63.6 Å². The molecule has 1 heterocycles. The first-order valence-electron chi connectivity index (χ1n) is 9.24. The van der Waals surface area contributed by atoms with Crippen LogP contribution in [0.4, 0.5) is 4.39 Å². The molecule has 2 saturated carbocycles. The Balaban J connectivity index is 1.63. The first-order valence-corrected chi connectivity index (χ1v) is 9.24. The van der Waals surface area contributed by atoms with Crippen LogP contribution in [0.25, 0.3) is 10.9 Å². The zero-order valence-corrected chi connectivity index (χ0v) is 14.3. The number of aromatic amines is 1. The number of hydrogen-bond acceptors (Lipinski definition) is 2. The lowest BCUT2D eigenvalue weighted by Gasteiger charge is -2.53. The number of nitrogens with zero attached hydrogens (tertiary/aromatic N) is 1. The molecule has 0 radical (unpaired) electrons. The highest BCUT2D eigenvalue weighted by Gasteiger charge is 2.62. The third kappa shape index (κ3) is 1.68. The average Bonchev–Trinajstić information content (AvgIpc) is 3.10. The number of alkyl halides is 1. The smallest absolute Gasteiger partial charge is 0.108 e. The van der Waals surface area contributed by atoms with Crippen molar-refractivity contribution in [3.8, 4) is 0 Å². The zero-order valence-electron chi connectivity index (χ0n) is 14.3. The number of halogens is 1. The molecule has 0 spiro atoms. The van der Waals surface area contributed by atoms with E-state index in [1.54, 1.807) is 0 Å². The third-order valence-electron chi connectivity index (χ3n) is 7.84. The van der Waals surface area contributed by atoms with Gasteiger partial charge in [-0.15, -0.1) is 0 Å². The lowest BCUT2D eigenvalue weighted by molar-refractivity contribution is -0.110. The summed E-state index contributed by atoms with van der Waals surface area (Å²) in [6.07, 6.45) is 5.35. The molecule has 0 saturated heterocycles. The number of rotatable bonds is 0. The van der Waals surface area contributed by atoms with Crippen LogP contribution in [0.1, 0.15) is 56.6 Å². The molecule has 128 valence electrons. The van der Waals surface area contributed by atoms with Gasteiger partial charge in [-0.1, -0.05) is 13.0 Å². The second-order valence-electron chi connectivity index (χ2n) is 8.75. The lowest BCUT2D eigenvalue weighted by Crippen LogP contribution is -2.52. The fourth-order valence-corrected chi connectivity index (χ4v) is 6.35. The fraction of sp³-hybridized carbons (Fsp3) is 0.650. The molecule has 3 aliphatic carbocycles. The summed E-state index contributed by atoms with van der Waals surface area (Å²) >= 11 is 0. The van der Waals surface area contributed by atoms with Gasteiger partial charge in [-0.2, -0.15) is 5.10 Å². The van der Waals surface area contributed by atoms with Crippen molar-refractivity contribution < 1.29 is 9.50 Å². The largest absolute Gasteiger partial charge is 0.390 e. The number of fused-ring (bicyclic) bond motifs is 7. The highest BCUT2D eigenvalue weighted by molar-refractivity contribution is 5.83. The molecule has 4 heteroatoms. The number of aliphatic hydroxyl groups is 1. The van der Waals surface area contributed by atoms with Crippen molar-refractivity contribution in [1.82, 2.24) is 10.2 Å². The summed E-state index contributed by atoms with van der Waals surface area (Å²) in [7, 11) is 0. The summed E-state index contributed by atoms with van der Waals surface area (Å²) < 4.78 is 15.4. The second kappa shape index (κ2) is 4.60. The molecule has 2 N–H and O–H groups in total. The molecule has 1 aromatic carbocycles. The highest BCUT2D eigenvalue weighted by Crippen LogP contribution is 2.64. The number of H-pyrrole nitrogens is 1. The van der Waals surface area contributed by atoms with Gasteiger partial charge in [0.1, 0.15) is 6.17 Å². The van der Waals surface area contributed by atoms with Crippen LogP contribution in [0.15, 0.2) is 18.3 Å². The van der Waals surface area contributed by atoms with Gasteiger partial charge in [0.15, 0.2) is 0 Å². The second-order valence-corrected chi connectivity index (χ2v) is 8.75. The molecule has 3 aliphatic rings. The maximum absolute atomic E-state index is 15.4. The van der Waals surface area contributed by atoms with Crippen molar-refractivity contribution in [1.29, 1.82) is 0 Å². The summed E-state index contributed by atoms with van der Waals surface area (Å²) in [4.78, 5) is 0. The van der Waals surface area contributed by atoms with Gasteiger partial charge in [0, 0.05) is 16.7 Å². The normalized spacial score (nSPS) is 44.2. The molecule has 24 heavy (non-hydrogen) atoms. The lowest BCUT2D eigenvalue weighted by atomic mass is 9.53. The maximum Gasteiger partial charge on any atom is 0.108 e. The number of hydrogen-bond donors (Lipinski definition) is 2. The van der Waals surface area contributed by atoms with E-state index in [9.17, 15) is 5.11 Å². The van der Waals surface area contributed by atoms with E-state index in [0.717, 1.165) is 36.6 Å². The Labute approximate surface area is 141 Å². The first kappa shape index (κ1) is 14.9. The quantitative estimate of drug-likeness (QED) is 0.764. The van der Waals surface area contributed by atoms with Crippen molar-refractivity contribution >= 4 is 10.9 Å². The molecule has 0 amide bonds. The minimum Gasteiger partial charge on any atom is -0.390 e. The molecule has 1 aromatic heterocycles. The van der Waals surface area contributed by atoms with E-state index in [-0.39, 0.29) is 11.3 Å². The molecule has 5 rings (SSSR count). The fourth-order valence-electron chi connectivity index (χ4n) is 6.35. The number of aromatic nitrogens is 2. The zero-order chi connectivity index (χ0) is 16.7. The van der Waals surface area contributed by atoms with E-state index in [4.69, 9.17) is 0 Å². The van der Waals surface area contributed by atoms with Crippen LogP contribution in [0, 0.1) is 17.3 Å². The number of nitrogens with one attached hydrogen (secondary N) is 1. The standard InChI is InChI=1S/C20H25FN2O/c1-19-9-16(21)18-12-5-6-17-14(10-22-23-17)11(12)3-4-13(18)15(19)7-8-20(19,2)24/h5-6,10,13,15-16,18,24H,3-4,7-9H2,1-2H3,(H,22,23)/t13?,15?,16-,18?,19-,20-/m0/s1. The number of benzene rings is 1. The van der Waals surface area contributed by atoms with Crippen LogP contribution >= 0.6 is 0 Å². The monoisotopic (exact) mass is 328 g/mol. The summed E-state index contributed by atoms with van der Waals surface area (Å²) in [5.41, 5.74) is 2.51. The summed E-state index contributed by atoms with van der Waals surface area (Å²) in [6, 6.07) is 4.17. The van der Waals surface area contributed by atoms with Crippen LogP contribution in [-0.2, 0) is 6.42 Å². The van der Waals surface area contributed by atoms with Crippen LogP contribution in [0.5, 0.6) is 0 Å². The van der Waals surface area contributed by atoms with Gasteiger partial charge >= 0.3 is 0 Å². The Bertz CT molecular complexity index is 813. The molecule has 6 atom stereocenters. The highest BCUT2D eigenvalue weighted by atomic mass is 19.1. The molecular weight excluding hydrogens is 303 g/mol. The molecule has 3 nitrogen and oxygen atoms in total. The van der Waals surface area contributed by atoms with Gasteiger partial charge < -0.3 is 5.11 Å². The molecule has 3 unspecified atom stereocenters. The Hall–Kier alpha value is -1.42.